The van der Waals surface area contributed by atoms with Crippen molar-refractivity contribution in [1.82, 2.24) is 0 Å². The van der Waals surface area contributed by atoms with E-state index in [2.05, 4.69) is 0 Å². The molecule has 1 aromatic carbocycles. The second-order valence-electron chi connectivity index (χ2n) is 3.88. The summed E-state index contributed by atoms with van der Waals surface area (Å²) in [5, 5.41) is 0. The molecule has 0 amide bonds. The van der Waals surface area contributed by atoms with Gasteiger partial charge in [0.15, 0.2) is 0 Å². The molecule has 1 saturated heterocycles. The van der Waals surface area contributed by atoms with Crippen LogP contribution in [0, 0.1) is 6.92 Å². The molecule has 0 unspecified atom stereocenters. The molecule has 1 aliphatic rings. The van der Waals surface area contributed by atoms with Crippen molar-refractivity contribution in [2.24, 2.45) is 0 Å². The van der Waals surface area contributed by atoms with Crippen LogP contribution in [0.25, 0.3) is 0 Å². The Morgan fingerprint density at radius 1 is 1.44 bits per heavy atom. The standard InChI is InChI=1S/C11H14N2O3/c1-6-2-8(10(13)9(12)3-6)11(14)16-7-4-15-5-7/h2-3,7H,4-5,12-13H2,1H3. The number of nitrogen functional groups attached to an aromatic ring is 2. The Balaban J connectivity index is 2.21. The summed E-state index contributed by atoms with van der Waals surface area (Å²) in [4.78, 5) is 11.8. The van der Waals surface area contributed by atoms with E-state index in [9.17, 15) is 4.79 Å². The van der Waals surface area contributed by atoms with Crippen LogP contribution in [-0.2, 0) is 9.47 Å². The lowest BCUT2D eigenvalue weighted by Gasteiger charge is -2.25. The zero-order valence-electron chi connectivity index (χ0n) is 9.03. The predicted octanol–water partition coefficient (Wildman–Crippen LogP) is 0.715. The molecule has 0 spiro atoms. The molecule has 0 bridgehead atoms. The van der Waals surface area contributed by atoms with Gasteiger partial charge in [-0.15, -0.1) is 0 Å². The summed E-state index contributed by atoms with van der Waals surface area (Å²) in [6, 6.07) is 3.39. The number of carbonyl (C=O) groups is 1. The molecule has 5 heteroatoms. The highest BCUT2D eigenvalue weighted by Gasteiger charge is 2.24. The summed E-state index contributed by atoms with van der Waals surface area (Å²) in [5.41, 5.74) is 13.3. The fourth-order valence-corrected chi connectivity index (χ4v) is 1.49. The molecule has 1 aliphatic heterocycles. The van der Waals surface area contributed by atoms with Gasteiger partial charge in [0, 0.05) is 0 Å². The van der Waals surface area contributed by atoms with Gasteiger partial charge in [0.25, 0.3) is 0 Å². The molecule has 0 saturated carbocycles. The number of anilines is 2. The van der Waals surface area contributed by atoms with Crippen LogP contribution in [0.15, 0.2) is 12.1 Å². The van der Waals surface area contributed by atoms with Crippen LogP contribution in [0.3, 0.4) is 0 Å². The van der Waals surface area contributed by atoms with Gasteiger partial charge >= 0.3 is 5.97 Å². The Bertz CT molecular complexity index is 427. The number of esters is 1. The van der Waals surface area contributed by atoms with Gasteiger partial charge in [-0.05, 0) is 24.6 Å². The maximum atomic E-state index is 11.8. The van der Waals surface area contributed by atoms with Crippen LogP contribution in [0.5, 0.6) is 0 Å². The van der Waals surface area contributed by atoms with E-state index >= 15 is 0 Å². The number of ether oxygens (including phenoxy) is 2. The Labute approximate surface area is 93.3 Å². The summed E-state index contributed by atoms with van der Waals surface area (Å²) in [5.74, 6) is -0.443. The first-order valence-electron chi connectivity index (χ1n) is 5.02. The lowest BCUT2D eigenvalue weighted by Crippen LogP contribution is -2.38. The van der Waals surface area contributed by atoms with E-state index in [0.29, 0.717) is 24.5 Å². The van der Waals surface area contributed by atoms with Crippen molar-refractivity contribution in [2.75, 3.05) is 24.7 Å². The normalized spacial score (nSPS) is 15.6. The molecule has 0 aromatic heterocycles. The van der Waals surface area contributed by atoms with Crippen molar-refractivity contribution < 1.29 is 14.3 Å². The molecule has 0 atom stereocenters. The first-order valence-corrected chi connectivity index (χ1v) is 5.02. The third-order valence-corrected chi connectivity index (χ3v) is 2.46. The largest absolute Gasteiger partial charge is 0.454 e. The lowest BCUT2D eigenvalue weighted by atomic mass is 10.1. The third-order valence-electron chi connectivity index (χ3n) is 2.46. The molecule has 86 valence electrons. The van der Waals surface area contributed by atoms with Crippen molar-refractivity contribution >= 4 is 17.3 Å². The highest BCUT2D eigenvalue weighted by molar-refractivity contribution is 5.98. The van der Waals surface area contributed by atoms with Crippen molar-refractivity contribution in [3.63, 3.8) is 0 Å². The molecule has 5 nitrogen and oxygen atoms in total. The number of benzene rings is 1. The smallest absolute Gasteiger partial charge is 0.340 e. The van der Waals surface area contributed by atoms with Crippen LogP contribution in [-0.4, -0.2) is 25.3 Å². The Morgan fingerprint density at radius 2 is 2.12 bits per heavy atom. The molecule has 1 heterocycles. The van der Waals surface area contributed by atoms with Crippen LogP contribution in [0.2, 0.25) is 0 Å². The van der Waals surface area contributed by atoms with Gasteiger partial charge in [-0.1, -0.05) is 0 Å². The summed E-state index contributed by atoms with van der Waals surface area (Å²) in [7, 11) is 0. The van der Waals surface area contributed by atoms with Gasteiger partial charge in [-0.3, -0.25) is 0 Å². The monoisotopic (exact) mass is 222 g/mol. The molecule has 1 aromatic rings. The maximum Gasteiger partial charge on any atom is 0.340 e. The number of nitrogens with two attached hydrogens (primary N) is 2. The maximum absolute atomic E-state index is 11.8. The summed E-state index contributed by atoms with van der Waals surface area (Å²) in [6.07, 6.45) is -0.159. The van der Waals surface area contributed by atoms with Gasteiger partial charge in [0.05, 0.1) is 30.2 Å². The number of rotatable bonds is 2. The summed E-state index contributed by atoms with van der Waals surface area (Å²) >= 11 is 0. The first kappa shape index (κ1) is 10.8. The van der Waals surface area contributed by atoms with Gasteiger partial charge in [-0.2, -0.15) is 0 Å². The SMILES string of the molecule is Cc1cc(N)c(N)c(C(=O)OC2COC2)c1. The lowest BCUT2D eigenvalue weighted by molar-refractivity contribution is -0.103. The van der Waals surface area contributed by atoms with E-state index in [-0.39, 0.29) is 11.8 Å². The predicted molar refractivity (Wildman–Crippen MR) is 60.0 cm³/mol. The van der Waals surface area contributed by atoms with Gasteiger partial charge in [0.1, 0.15) is 6.10 Å². The average molecular weight is 222 g/mol. The molecule has 0 radical (unpaired) electrons. The van der Waals surface area contributed by atoms with Crippen LogP contribution >= 0.6 is 0 Å². The highest BCUT2D eigenvalue weighted by atomic mass is 16.6. The zero-order valence-corrected chi connectivity index (χ0v) is 9.03. The van der Waals surface area contributed by atoms with Crippen LogP contribution in [0.4, 0.5) is 11.4 Å². The van der Waals surface area contributed by atoms with Gasteiger partial charge in [-0.25, -0.2) is 4.79 Å². The number of hydrogen-bond acceptors (Lipinski definition) is 5. The van der Waals surface area contributed by atoms with Crippen molar-refractivity contribution in [1.29, 1.82) is 0 Å². The average Bonchev–Trinajstić information content (AvgIpc) is 2.17. The molecule has 16 heavy (non-hydrogen) atoms. The second kappa shape index (κ2) is 4.02. The minimum absolute atomic E-state index is 0.159. The number of aryl methyl sites for hydroxylation is 1. The fourth-order valence-electron chi connectivity index (χ4n) is 1.49. The minimum Gasteiger partial charge on any atom is -0.454 e. The fraction of sp³-hybridized carbons (Fsp3) is 0.364. The molecule has 0 aliphatic carbocycles. The van der Waals surface area contributed by atoms with Gasteiger partial charge < -0.3 is 20.9 Å². The molecular weight excluding hydrogens is 208 g/mol. The molecule has 4 N–H and O–H groups in total. The highest BCUT2D eigenvalue weighted by Crippen LogP contribution is 2.23. The van der Waals surface area contributed by atoms with Gasteiger partial charge in [0.2, 0.25) is 0 Å². The van der Waals surface area contributed by atoms with E-state index in [1.807, 2.05) is 6.92 Å². The van der Waals surface area contributed by atoms with E-state index in [1.165, 1.54) is 0 Å². The summed E-state index contributed by atoms with van der Waals surface area (Å²) < 4.78 is 10.1. The first-order chi connectivity index (χ1) is 7.58. The quantitative estimate of drug-likeness (QED) is 0.568. The zero-order chi connectivity index (χ0) is 11.7. The van der Waals surface area contributed by atoms with Crippen LogP contribution in [0.1, 0.15) is 15.9 Å². The third kappa shape index (κ3) is 1.94. The Kier molecular flexibility index (Phi) is 2.70. The topological polar surface area (TPSA) is 87.6 Å². The summed E-state index contributed by atoms with van der Waals surface area (Å²) in [6.45, 7) is 2.75. The van der Waals surface area contributed by atoms with Crippen molar-refractivity contribution in [3.8, 4) is 0 Å². The number of carbonyl (C=O) groups excluding carboxylic acids is 1. The number of hydrogen-bond donors (Lipinski definition) is 2. The molecule has 2 rings (SSSR count). The molecular formula is C11H14N2O3. The van der Waals surface area contributed by atoms with Crippen molar-refractivity contribution in [3.05, 3.63) is 23.3 Å². The Hall–Kier alpha value is -1.75. The van der Waals surface area contributed by atoms with E-state index < -0.39 is 5.97 Å². The van der Waals surface area contributed by atoms with Crippen LogP contribution < -0.4 is 11.5 Å². The van der Waals surface area contributed by atoms with Crippen molar-refractivity contribution in [2.45, 2.75) is 13.0 Å². The minimum atomic E-state index is -0.443. The van der Waals surface area contributed by atoms with E-state index in [0.717, 1.165) is 5.56 Å². The Morgan fingerprint density at radius 3 is 2.69 bits per heavy atom. The molecule has 1 fully saturated rings. The van der Waals surface area contributed by atoms with E-state index in [1.54, 1.807) is 12.1 Å². The second-order valence-corrected chi connectivity index (χ2v) is 3.88. The van der Waals surface area contributed by atoms with E-state index in [4.69, 9.17) is 20.9 Å².